The molecule has 0 rings (SSSR count). The van der Waals surface area contributed by atoms with E-state index in [0.717, 1.165) is 0 Å². The van der Waals surface area contributed by atoms with E-state index in [1.165, 1.54) is 0 Å². The Kier molecular flexibility index (Phi) is 5.28. The molecule has 0 bridgehead atoms. The van der Waals surface area contributed by atoms with Crippen molar-refractivity contribution in [2.24, 2.45) is 11.7 Å². The van der Waals surface area contributed by atoms with Gasteiger partial charge in [0.1, 0.15) is 0 Å². The molecular formula is C10H21N3O2. The molecule has 88 valence electrons. The molecule has 5 nitrogen and oxygen atoms in total. The number of primary amides is 1. The van der Waals surface area contributed by atoms with Crippen molar-refractivity contribution in [3.63, 3.8) is 0 Å². The van der Waals surface area contributed by atoms with Crippen LogP contribution in [-0.4, -0.2) is 30.4 Å². The second-order valence-corrected chi connectivity index (χ2v) is 4.54. The summed E-state index contributed by atoms with van der Waals surface area (Å²) in [5.41, 5.74) is 4.29. The Morgan fingerprint density at radius 2 is 1.87 bits per heavy atom. The molecule has 0 fully saturated rings. The van der Waals surface area contributed by atoms with Gasteiger partial charge in [-0.1, -0.05) is 13.8 Å². The van der Waals surface area contributed by atoms with E-state index in [1.54, 1.807) is 13.8 Å². The van der Waals surface area contributed by atoms with Crippen LogP contribution in [0.5, 0.6) is 0 Å². The van der Waals surface area contributed by atoms with Crippen molar-refractivity contribution in [1.29, 1.82) is 0 Å². The molecule has 0 aromatic heterocycles. The van der Waals surface area contributed by atoms with Gasteiger partial charge in [0.05, 0.1) is 12.1 Å². The van der Waals surface area contributed by atoms with Gasteiger partial charge in [-0.15, -0.1) is 0 Å². The highest BCUT2D eigenvalue weighted by atomic mass is 16.2. The molecule has 0 heterocycles. The van der Waals surface area contributed by atoms with Gasteiger partial charge in [-0.3, -0.25) is 14.9 Å². The SMILES string of the molecule is CC(C)CNC(=O)CNC(C)(C)C(N)=O. The topological polar surface area (TPSA) is 84.2 Å². The minimum atomic E-state index is -0.852. The van der Waals surface area contributed by atoms with E-state index in [1.807, 2.05) is 13.8 Å². The number of carbonyl (C=O) groups is 2. The molecule has 0 aromatic carbocycles. The van der Waals surface area contributed by atoms with Gasteiger partial charge in [-0.2, -0.15) is 0 Å². The molecule has 0 aliphatic carbocycles. The summed E-state index contributed by atoms with van der Waals surface area (Å²) in [5, 5.41) is 5.54. The van der Waals surface area contributed by atoms with Crippen molar-refractivity contribution < 1.29 is 9.59 Å². The molecule has 0 aliphatic rings. The second-order valence-electron chi connectivity index (χ2n) is 4.54. The van der Waals surface area contributed by atoms with Crippen LogP contribution in [0.1, 0.15) is 27.7 Å². The van der Waals surface area contributed by atoms with Crippen LogP contribution in [0.3, 0.4) is 0 Å². The molecule has 0 saturated carbocycles. The number of hydrogen-bond donors (Lipinski definition) is 3. The normalized spacial score (nSPS) is 11.5. The van der Waals surface area contributed by atoms with Crippen LogP contribution < -0.4 is 16.4 Å². The molecule has 0 aromatic rings. The predicted molar refractivity (Wildman–Crippen MR) is 59.1 cm³/mol. The lowest BCUT2D eigenvalue weighted by Gasteiger charge is -2.21. The van der Waals surface area contributed by atoms with Crippen molar-refractivity contribution in [3.05, 3.63) is 0 Å². The average Bonchev–Trinajstić information content (AvgIpc) is 2.11. The summed E-state index contributed by atoms with van der Waals surface area (Å²) in [5.74, 6) is -0.185. The van der Waals surface area contributed by atoms with Gasteiger partial charge in [0.2, 0.25) is 11.8 Å². The number of hydrogen-bond acceptors (Lipinski definition) is 3. The van der Waals surface area contributed by atoms with Gasteiger partial charge in [-0.25, -0.2) is 0 Å². The lowest BCUT2D eigenvalue weighted by atomic mass is 10.1. The summed E-state index contributed by atoms with van der Waals surface area (Å²) in [6.07, 6.45) is 0. The molecule has 4 N–H and O–H groups in total. The molecular weight excluding hydrogens is 194 g/mol. The van der Waals surface area contributed by atoms with Crippen molar-refractivity contribution in [3.8, 4) is 0 Å². The zero-order valence-electron chi connectivity index (χ0n) is 9.89. The summed E-state index contributed by atoms with van der Waals surface area (Å²) < 4.78 is 0. The van der Waals surface area contributed by atoms with Crippen LogP contribution in [0.4, 0.5) is 0 Å². The number of nitrogens with two attached hydrogens (primary N) is 1. The van der Waals surface area contributed by atoms with E-state index < -0.39 is 11.4 Å². The van der Waals surface area contributed by atoms with E-state index in [9.17, 15) is 9.59 Å². The van der Waals surface area contributed by atoms with Crippen molar-refractivity contribution in [2.75, 3.05) is 13.1 Å². The molecule has 5 heteroatoms. The molecule has 0 aliphatic heterocycles. The average molecular weight is 215 g/mol. The first kappa shape index (κ1) is 13.9. The van der Waals surface area contributed by atoms with Gasteiger partial charge in [-0.05, 0) is 19.8 Å². The number of carbonyl (C=O) groups excluding carboxylic acids is 2. The lowest BCUT2D eigenvalue weighted by molar-refractivity contribution is -0.124. The first-order valence-corrected chi connectivity index (χ1v) is 5.07. The second kappa shape index (κ2) is 5.70. The number of nitrogens with one attached hydrogen (secondary N) is 2. The summed E-state index contributed by atoms with van der Waals surface area (Å²) in [6.45, 7) is 8.05. The largest absolute Gasteiger partial charge is 0.368 e. The zero-order chi connectivity index (χ0) is 12.1. The third-order valence-corrected chi connectivity index (χ3v) is 2.01. The van der Waals surface area contributed by atoms with Crippen molar-refractivity contribution in [2.45, 2.75) is 33.2 Å². The summed E-state index contributed by atoms with van der Waals surface area (Å²) in [7, 11) is 0. The zero-order valence-corrected chi connectivity index (χ0v) is 9.89. The fourth-order valence-electron chi connectivity index (χ4n) is 0.769. The first-order chi connectivity index (χ1) is 6.75. The number of rotatable bonds is 6. The van der Waals surface area contributed by atoms with Crippen LogP contribution in [0, 0.1) is 5.92 Å². The molecule has 2 amide bonds. The Labute approximate surface area is 90.8 Å². The Balaban J connectivity index is 3.85. The third kappa shape index (κ3) is 6.06. The summed E-state index contributed by atoms with van der Waals surface area (Å²) in [4.78, 5) is 22.2. The van der Waals surface area contributed by atoms with Crippen LogP contribution in [0.15, 0.2) is 0 Å². The lowest BCUT2D eigenvalue weighted by Crippen LogP contribution is -2.53. The molecule has 15 heavy (non-hydrogen) atoms. The minimum Gasteiger partial charge on any atom is -0.368 e. The van der Waals surface area contributed by atoms with Crippen LogP contribution in [-0.2, 0) is 9.59 Å². The van der Waals surface area contributed by atoms with Gasteiger partial charge in [0, 0.05) is 6.54 Å². The third-order valence-electron chi connectivity index (χ3n) is 2.01. The Morgan fingerprint density at radius 1 is 1.33 bits per heavy atom. The van der Waals surface area contributed by atoms with Gasteiger partial charge >= 0.3 is 0 Å². The van der Waals surface area contributed by atoms with Gasteiger partial charge in [0.25, 0.3) is 0 Å². The van der Waals surface area contributed by atoms with Crippen LogP contribution in [0.25, 0.3) is 0 Å². The highest BCUT2D eigenvalue weighted by Gasteiger charge is 2.24. The predicted octanol–water partition coefficient (Wildman–Crippen LogP) is -0.388. The van der Waals surface area contributed by atoms with Gasteiger partial charge < -0.3 is 11.1 Å². The minimum absolute atomic E-state index is 0.0999. The van der Waals surface area contributed by atoms with Crippen molar-refractivity contribution >= 4 is 11.8 Å². The van der Waals surface area contributed by atoms with E-state index in [-0.39, 0.29) is 12.5 Å². The highest BCUT2D eigenvalue weighted by molar-refractivity contribution is 5.85. The monoisotopic (exact) mass is 215 g/mol. The number of amides is 2. The van der Waals surface area contributed by atoms with E-state index in [2.05, 4.69) is 10.6 Å². The Bertz CT molecular complexity index is 237. The molecule has 0 unspecified atom stereocenters. The Hall–Kier alpha value is -1.10. The fourth-order valence-corrected chi connectivity index (χ4v) is 0.769. The molecule has 0 atom stereocenters. The van der Waals surface area contributed by atoms with Crippen LogP contribution >= 0.6 is 0 Å². The maximum Gasteiger partial charge on any atom is 0.237 e. The van der Waals surface area contributed by atoms with Crippen LogP contribution in [0.2, 0.25) is 0 Å². The highest BCUT2D eigenvalue weighted by Crippen LogP contribution is 1.98. The maximum atomic E-state index is 11.3. The molecule has 0 saturated heterocycles. The smallest absolute Gasteiger partial charge is 0.237 e. The quantitative estimate of drug-likeness (QED) is 0.564. The van der Waals surface area contributed by atoms with E-state index in [4.69, 9.17) is 5.73 Å². The van der Waals surface area contributed by atoms with Gasteiger partial charge in [0.15, 0.2) is 0 Å². The van der Waals surface area contributed by atoms with E-state index in [0.29, 0.717) is 12.5 Å². The first-order valence-electron chi connectivity index (χ1n) is 5.07. The fraction of sp³-hybridized carbons (Fsp3) is 0.800. The maximum absolute atomic E-state index is 11.3. The molecule has 0 spiro atoms. The Morgan fingerprint density at radius 3 is 2.27 bits per heavy atom. The summed E-state index contributed by atoms with van der Waals surface area (Å²) >= 11 is 0. The standard InChI is InChI=1S/C10H21N3O2/c1-7(2)5-12-8(14)6-13-10(3,4)9(11)15/h7,13H,5-6H2,1-4H3,(H2,11,15)(H,12,14). The summed E-state index contributed by atoms with van der Waals surface area (Å²) in [6, 6.07) is 0. The molecule has 0 radical (unpaired) electrons. The van der Waals surface area contributed by atoms with E-state index >= 15 is 0 Å². The van der Waals surface area contributed by atoms with Crippen molar-refractivity contribution in [1.82, 2.24) is 10.6 Å².